The van der Waals surface area contributed by atoms with Crippen molar-refractivity contribution in [2.75, 3.05) is 13.2 Å². The summed E-state index contributed by atoms with van der Waals surface area (Å²) in [6, 6.07) is 0. The van der Waals surface area contributed by atoms with Gasteiger partial charge in [0.15, 0.2) is 6.10 Å². The molecule has 0 aliphatic heterocycles. The molecule has 0 bridgehead atoms. The van der Waals surface area contributed by atoms with Gasteiger partial charge in [-0.1, -0.05) is 314 Å². The molecule has 0 aliphatic carbocycles. The molecule has 1 atom stereocenters. The Morgan fingerprint density at radius 2 is 0.493 bits per heavy atom. The Morgan fingerprint density at radius 3 is 0.767 bits per heavy atom. The quantitative estimate of drug-likeness (QED) is 0.0261. The summed E-state index contributed by atoms with van der Waals surface area (Å²) in [4.78, 5) is 38.3. The first kappa shape index (κ1) is 70.6. The molecule has 0 fully saturated rings. The van der Waals surface area contributed by atoms with Gasteiger partial charge in [-0.2, -0.15) is 0 Å². The van der Waals surface area contributed by atoms with E-state index in [0.29, 0.717) is 19.3 Å². The van der Waals surface area contributed by atoms with E-state index in [1.54, 1.807) is 0 Å². The minimum atomic E-state index is -0.771. The van der Waals surface area contributed by atoms with Crippen molar-refractivity contribution < 1.29 is 28.6 Å². The van der Waals surface area contributed by atoms with Crippen molar-refractivity contribution in [3.8, 4) is 0 Å². The van der Waals surface area contributed by atoms with Crippen molar-refractivity contribution in [3.63, 3.8) is 0 Å². The number of esters is 3. The SMILES string of the molecule is CCCCCCC/C=C\C/C=C\C/C=C\CCCCCCCCCCC(=O)OCC(COC(=O)CCCCCCCCCCCCC)OC(=O)CCCCCCCCCCCCCCCCCCCCCCC. The molecule has 0 aliphatic rings. The topological polar surface area (TPSA) is 78.9 Å². The zero-order valence-electron chi connectivity index (χ0n) is 49.2. The fraction of sp³-hybridized carbons (Fsp3) is 0.866. The summed E-state index contributed by atoms with van der Waals surface area (Å²) in [5.41, 5.74) is 0. The van der Waals surface area contributed by atoms with Crippen LogP contribution in [0.2, 0.25) is 0 Å². The Labute approximate surface area is 455 Å². The van der Waals surface area contributed by atoms with Crippen molar-refractivity contribution in [3.05, 3.63) is 36.5 Å². The number of carbonyl (C=O) groups is 3. The summed E-state index contributed by atoms with van der Waals surface area (Å²) in [6.45, 7) is 6.68. The Balaban J connectivity index is 4.25. The largest absolute Gasteiger partial charge is 0.462 e. The standard InChI is InChI=1S/C67H124O6/c1-4-7-10-13-16-19-22-24-26-28-30-32-33-35-36-38-40-42-45-48-51-54-57-60-66(69)72-63-64(62-71-65(68)59-56-53-50-47-44-21-18-15-12-9-6-3)73-67(70)61-58-55-52-49-46-43-41-39-37-34-31-29-27-25-23-20-17-14-11-8-5-2/h22,24,28,30,33,35,64H,4-21,23,25-27,29,31-32,34,36-63H2,1-3H3/b24-22-,30-28-,35-33-. The van der Waals surface area contributed by atoms with Crippen LogP contribution in [0.4, 0.5) is 0 Å². The number of hydrogen-bond acceptors (Lipinski definition) is 6. The van der Waals surface area contributed by atoms with Crippen LogP contribution in [0.5, 0.6) is 0 Å². The molecule has 0 saturated heterocycles. The maximum Gasteiger partial charge on any atom is 0.306 e. The molecular formula is C67H124O6. The normalized spacial score (nSPS) is 12.2. The van der Waals surface area contributed by atoms with E-state index in [2.05, 4.69) is 57.2 Å². The molecule has 0 aromatic heterocycles. The summed E-state index contributed by atoms with van der Waals surface area (Å²) >= 11 is 0. The van der Waals surface area contributed by atoms with E-state index >= 15 is 0 Å². The fourth-order valence-corrected chi connectivity index (χ4v) is 9.75. The van der Waals surface area contributed by atoms with Gasteiger partial charge in [-0.15, -0.1) is 0 Å². The summed E-state index contributed by atoms with van der Waals surface area (Å²) in [5.74, 6) is -0.853. The van der Waals surface area contributed by atoms with E-state index in [1.807, 2.05) is 0 Å². The predicted octanol–water partition coefficient (Wildman–Crippen LogP) is 22.0. The monoisotopic (exact) mass is 1020 g/mol. The Kier molecular flexibility index (Phi) is 60.2. The van der Waals surface area contributed by atoms with Crippen LogP contribution in [0.3, 0.4) is 0 Å². The fourth-order valence-electron chi connectivity index (χ4n) is 9.75. The lowest BCUT2D eigenvalue weighted by molar-refractivity contribution is -0.167. The molecule has 0 spiro atoms. The highest BCUT2D eigenvalue weighted by atomic mass is 16.6. The van der Waals surface area contributed by atoms with Gasteiger partial charge < -0.3 is 14.2 Å². The van der Waals surface area contributed by atoms with Crippen LogP contribution in [0, 0.1) is 0 Å². The van der Waals surface area contributed by atoms with Crippen molar-refractivity contribution in [1.82, 2.24) is 0 Å². The van der Waals surface area contributed by atoms with Gasteiger partial charge >= 0.3 is 17.9 Å². The summed E-state index contributed by atoms with van der Waals surface area (Å²) in [6.07, 6.45) is 75.8. The molecule has 0 radical (unpaired) electrons. The Bertz CT molecular complexity index is 1220. The second-order valence-electron chi connectivity index (χ2n) is 22.0. The minimum absolute atomic E-state index is 0.0692. The van der Waals surface area contributed by atoms with Gasteiger partial charge in [0.05, 0.1) is 0 Å². The number of rotatable bonds is 60. The van der Waals surface area contributed by atoms with Crippen LogP contribution in [-0.2, 0) is 28.6 Å². The predicted molar refractivity (Wildman–Crippen MR) is 316 cm³/mol. The number of allylic oxidation sites excluding steroid dienone is 6. The summed E-state index contributed by atoms with van der Waals surface area (Å²) < 4.78 is 16.9. The minimum Gasteiger partial charge on any atom is -0.462 e. The molecule has 0 aromatic rings. The van der Waals surface area contributed by atoms with E-state index in [1.165, 1.54) is 238 Å². The van der Waals surface area contributed by atoms with E-state index in [-0.39, 0.29) is 31.1 Å². The average molecular weight is 1030 g/mol. The molecule has 0 saturated carbocycles. The lowest BCUT2D eigenvalue weighted by Crippen LogP contribution is -2.30. The second-order valence-corrected chi connectivity index (χ2v) is 22.0. The third-order valence-corrected chi connectivity index (χ3v) is 14.6. The number of ether oxygens (including phenoxy) is 3. The number of carbonyl (C=O) groups excluding carboxylic acids is 3. The molecule has 6 heteroatoms. The number of unbranched alkanes of at least 4 members (excludes halogenated alkanes) is 43. The van der Waals surface area contributed by atoms with E-state index in [0.717, 1.165) is 77.0 Å². The van der Waals surface area contributed by atoms with Gasteiger partial charge in [0, 0.05) is 19.3 Å². The van der Waals surface area contributed by atoms with Crippen LogP contribution < -0.4 is 0 Å². The van der Waals surface area contributed by atoms with Crippen molar-refractivity contribution >= 4 is 17.9 Å². The summed E-state index contributed by atoms with van der Waals surface area (Å²) in [5, 5.41) is 0. The lowest BCUT2D eigenvalue weighted by atomic mass is 10.0. The lowest BCUT2D eigenvalue weighted by Gasteiger charge is -2.18. The molecule has 73 heavy (non-hydrogen) atoms. The number of hydrogen-bond donors (Lipinski definition) is 0. The first-order valence-corrected chi connectivity index (χ1v) is 32.5. The van der Waals surface area contributed by atoms with Crippen LogP contribution in [0.15, 0.2) is 36.5 Å². The maximum atomic E-state index is 12.9. The molecule has 0 heterocycles. The molecule has 0 rings (SSSR count). The van der Waals surface area contributed by atoms with Crippen molar-refractivity contribution in [1.29, 1.82) is 0 Å². The highest BCUT2D eigenvalue weighted by Gasteiger charge is 2.19. The van der Waals surface area contributed by atoms with Crippen LogP contribution in [-0.4, -0.2) is 37.2 Å². The Hall–Kier alpha value is -2.37. The van der Waals surface area contributed by atoms with Crippen LogP contribution in [0.1, 0.15) is 355 Å². The van der Waals surface area contributed by atoms with E-state index < -0.39 is 6.10 Å². The molecular weight excluding hydrogens is 901 g/mol. The van der Waals surface area contributed by atoms with Crippen molar-refractivity contribution in [2.24, 2.45) is 0 Å². The molecule has 428 valence electrons. The first-order chi connectivity index (χ1) is 36.0. The Morgan fingerprint density at radius 1 is 0.274 bits per heavy atom. The van der Waals surface area contributed by atoms with E-state index in [4.69, 9.17) is 14.2 Å². The van der Waals surface area contributed by atoms with E-state index in [9.17, 15) is 14.4 Å². The maximum absolute atomic E-state index is 12.9. The molecule has 6 nitrogen and oxygen atoms in total. The smallest absolute Gasteiger partial charge is 0.306 e. The third-order valence-electron chi connectivity index (χ3n) is 14.6. The first-order valence-electron chi connectivity index (χ1n) is 32.5. The molecule has 0 amide bonds. The van der Waals surface area contributed by atoms with Gasteiger partial charge in [-0.3, -0.25) is 14.4 Å². The van der Waals surface area contributed by atoms with Gasteiger partial charge in [-0.25, -0.2) is 0 Å². The van der Waals surface area contributed by atoms with Crippen LogP contribution >= 0.6 is 0 Å². The van der Waals surface area contributed by atoms with Gasteiger partial charge in [0.1, 0.15) is 13.2 Å². The van der Waals surface area contributed by atoms with Gasteiger partial charge in [0.25, 0.3) is 0 Å². The average Bonchev–Trinajstić information content (AvgIpc) is 3.39. The highest BCUT2D eigenvalue weighted by molar-refractivity contribution is 5.71. The zero-order valence-corrected chi connectivity index (χ0v) is 49.2. The van der Waals surface area contributed by atoms with Gasteiger partial charge in [0.2, 0.25) is 0 Å². The highest BCUT2D eigenvalue weighted by Crippen LogP contribution is 2.18. The third kappa shape index (κ3) is 60.4. The summed E-state index contributed by atoms with van der Waals surface area (Å²) in [7, 11) is 0. The molecule has 1 unspecified atom stereocenters. The molecule has 0 aromatic carbocycles. The van der Waals surface area contributed by atoms with Gasteiger partial charge in [-0.05, 0) is 57.8 Å². The zero-order chi connectivity index (χ0) is 52.9. The molecule has 0 N–H and O–H groups in total. The van der Waals surface area contributed by atoms with Crippen LogP contribution in [0.25, 0.3) is 0 Å². The van der Waals surface area contributed by atoms with Crippen molar-refractivity contribution in [2.45, 2.75) is 361 Å². The second kappa shape index (κ2) is 62.2.